The van der Waals surface area contributed by atoms with Gasteiger partial charge in [0, 0.05) is 30.2 Å². The van der Waals surface area contributed by atoms with Crippen LogP contribution < -0.4 is 5.32 Å². The maximum Gasteiger partial charge on any atom is 0.407 e. The minimum atomic E-state index is -0.490. The van der Waals surface area contributed by atoms with Gasteiger partial charge in [-0.1, -0.05) is 13.0 Å². The first-order valence-electron chi connectivity index (χ1n) is 5.54. The Morgan fingerprint density at radius 2 is 2.29 bits per heavy atom. The van der Waals surface area contributed by atoms with Gasteiger partial charge < -0.3 is 10.1 Å². The first-order valence-corrected chi connectivity index (χ1v) is 6.42. The smallest absolute Gasteiger partial charge is 0.407 e. The van der Waals surface area contributed by atoms with Gasteiger partial charge in [0.1, 0.15) is 5.78 Å². The average molecular weight is 255 g/mol. The minimum Gasteiger partial charge on any atom is -0.453 e. The molecule has 0 spiro atoms. The minimum absolute atomic E-state index is 0.142. The van der Waals surface area contributed by atoms with Crippen LogP contribution in [-0.2, 0) is 16.0 Å². The zero-order chi connectivity index (χ0) is 12.7. The van der Waals surface area contributed by atoms with E-state index in [2.05, 4.69) is 10.1 Å². The lowest BCUT2D eigenvalue weighted by Crippen LogP contribution is -2.37. The molecule has 1 atom stereocenters. The van der Waals surface area contributed by atoms with E-state index in [1.165, 1.54) is 7.11 Å². The van der Waals surface area contributed by atoms with Crippen LogP contribution in [0.2, 0.25) is 0 Å². The first-order chi connectivity index (χ1) is 8.15. The normalized spacial score (nSPS) is 11.9. The summed E-state index contributed by atoms with van der Waals surface area (Å²) >= 11 is 1.62. The topological polar surface area (TPSA) is 55.4 Å². The third kappa shape index (κ3) is 4.99. The van der Waals surface area contributed by atoms with Crippen molar-refractivity contribution in [1.29, 1.82) is 0 Å². The summed E-state index contributed by atoms with van der Waals surface area (Å²) in [6, 6.07) is 3.76. The van der Waals surface area contributed by atoms with Gasteiger partial charge in [0.25, 0.3) is 0 Å². The Bertz CT molecular complexity index is 344. The maximum absolute atomic E-state index is 11.4. The van der Waals surface area contributed by atoms with Crippen molar-refractivity contribution >= 4 is 23.2 Å². The fraction of sp³-hybridized carbons (Fsp3) is 0.500. The number of ketones is 1. The Morgan fingerprint density at radius 1 is 1.53 bits per heavy atom. The molecule has 0 saturated heterocycles. The quantitative estimate of drug-likeness (QED) is 0.849. The highest BCUT2D eigenvalue weighted by Crippen LogP contribution is 2.13. The second-order valence-corrected chi connectivity index (χ2v) is 4.74. The van der Waals surface area contributed by atoms with Crippen molar-refractivity contribution < 1.29 is 14.3 Å². The molecule has 1 unspecified atom stereocenters. The van der Waals surface area contributed by atoms with Gasteiger partial charge in [0.2, 0.25) is 0 Å². The van der Waals surface area contributed by atoms with Crippen molar-refractivity contribution in [2.75, 3.05) is 7.11 Å². The third-order valence-corrected chi connectivity index (χ3v) is 3.30. The number of amides is 1. The number of hydrogen-bond donors (Lipinski definition) is 1. The first kappa shape index (κ1) is 13.7. The lowest BCUT2D eigenvalue weighted by molar-refractivity contribution is -0.119. The Hall–Kier alpha value is -1.36. The van der Waals surface area contributed by atoms with Crippen LogP contribution >= 0.6 is 11.3 Å². The number of thiophene rings is 1. The van der Waals surface area contributed by atoms with Gasteiger partial charge in [0.05, 0.1) is 7.11 Å². The molecule has 1 rings (SSSR count). The Kier molecular flexibility index (Phi) is 5.69. The van der Waals surface area contributed by atoms with E-state index in [4.69, 9.17) is 0 Å². The Morgan fingerprint density at radius 3 is 2.82 bits per heavy atom. The summed E-state index contributed by atoms with van der Waals surface area (Å²) in [5, 5.41) is 4.67. The molecule has 1 heterocycles. The highest BCUT2D eigenvalue weighted by atomic mass is 32.1. The Balaban J connectivity index is 2.58. The molecule has 1 amide bonds. The van der Waals surface area contributed by atoms with Gasteiger partial charge in [-0.05, 0) is 11.4 Å². The van der Waals surface area contributed by atoms with Crippen LogP contribution in [0.25, 0.3) is 0 Å². The zero-order valence-corrected chi connectivity index (χ0v) is 10.9. The van der Waals surface area contributed by atoms with Crippen LogP contribution in [0.15, 0.2) is 17.5 Å². The summed E-state index contributed by atoms with van der Waals surface area (Å²) < 4.78 is 4.56. The van der Waals surface area contributed by atoms with Crippen molar-refractivity contribution in [1.82, 2.24) is 5.32 Å². The summed E-state index contributed by atoms with van der Waals surface area (Å²) in [6.45, 7) is 1.82. The van der Waals surface area contributed by atoms with Crippen LogP contribution in [0.3, 0.4) is 0 Å². The molecule has 94 valence electrons. The zero-order valence-electron chi connectivity index (χ0n) is 10.1. The average Bonchev–Trinajstić information content (AvgIpc) is 2.81. The van der Waals surface area contributed by atoms with Gasteiger partial charge in [-0.3, -0.25) is 4.79 Å². The summed E-state index contributed by atoms with van der Waals surface area (Å²) in [7, 11) is 1.32. The molecule has 1 aromatic heterocycles. The van der Waals surface area contributed by atoms with Gasteiger partial charge in [-0.15, -0.1) is 11.3 Å². The van der Waals surface area contributed by atoms with E-state index in [-0.39, 0.29) is 11.8 Å². The molecule has 0 aliphatic carbocycles. The fourth-order valence-electron chi connectivity index (χ4n) is 1.49. The standard InChI is InChI=1S/C12H17NO3S/c1-3-10(14)7-9(13-12(15)16-2)8-11-5-4-6-17-11/h4-6,9H,3,7-8H2,1-2H3,(H,13,15). The number of Topliss-reactive ketones (excluding diaryl/α,β-unsaturated/α-hetero) is 1. The van der Waals surface area contributed by atoms with Crippen molar-refractivity contribution in [2.45, 2.75) is 32.2 Å². The fourth-order valence-corrected chi connectivity index (χ4v) is 2.28. The highest BCUT2D eigenvalue weighted by molar-refractivity contribution is 7.09. The molecule has 1 aromatic rings. The summed E-state index contributed by atoms with van der Waals surface area (Å²) in [4.78, 5) is 23.8. The lowest BCUT2D eigenvalue weighted by atomic mass is 10.1. The molecule has 1 N–H and O–H groups in total. The number of alkyl carbamates (subject to hydrolysis) is 1. The SMILES string of the molecule is CCC(=O)CC(Cc1cccs1)NC(=O)OC. The van der Waals surface area contributed by atoms with Gasteiger partial charge in [-0.25, -0.2) is 4.79 Å². The van der Waals surface area contributed by atoms with Crippen molar-refractivity contribution in [3.05, 3.63) is 22.4 Å². The molecular weight excluding hydrogens is 238 g/mol. The maximum atomic E-state index is 11.4. The molecule has 0 saturated carbocycles. The molecule has 0 aromatic carbocycles. The molecule has 5 heteroatoms. The number of ether oxygens (including phenoxy) is 1. The number of rotatable bonds is 6. The Labute approximate surface area is 105 Å². The monoisotopic (exact) mass is 255 g/mol. The summed E-state index contributed by atoms with van der Waals surface area (Å²) in [5.41, 5.74) is 0. The summed E-state index contributed by atoms with van der Waals surface area (Å²) in [6.07, 6.45) is 1.02. The van der Waals surface area contributed by atoms with Crippen LogP contribution in [0.1, 0.15) is 24.6 Å². The van der Waals surface area contributed by atoms with Crippen LogP contribution in [-0.4, -0.2) is 25.0 Å². The molecule has 0 fully saturated rings. The van der Waals surface area contributed by atoms with Crippen molar-refractivity contribution in [3.63, 3.8) is 0 Å². The molecule has 0 radical (unpaired) electrons. The third-order valence-electron chi connectivity index (χ3n) is 2.40. The van der Waals surface area contributed by atoms with E-state index < -0.39 is 6.09 Å². The molecule has 17 heavy (non-hydrogen) atoms. The van der Waals surface area contributed by atoms with E-state index in [9.17, 15) is 9.59 Å². The van der Waals surface area contributed by atoms with Gasteiger partial charge >= 0.3 is 6.09 Å². The number of methoxy groups -OCH3 is 1. The molecule has 0 aliphatic heterocycles. The van der Waals surface area contributed by atoms with Crippen LogP contribution in [0, 0.1) is 0 Å². The molecule has 0 bridgehead atoms. The van der Waals surface area contributed by atoms with E-state index in [1.807, 2.05) is 24.4 Å². The van der Waals surface area contributed by atoms with Gasteiger partial charge in [0.15, 0.2) is 0 Å². The number of carbonyl (C=O) groups is 2. The molecular formula is C12H17NO3S. The van der Waals surface area contributed by atoms with E-state index in [0.29, 0.717) is 19.3 Å². The summed E-state index contributed by atoms with van der Waals surface area (Å²) in [5.74, 6) is 0.142. The van der Waals surface area contributed by atoms with E-state index in [1.54, 1.807) is 11.3 Å². The predicted molar refractivity (Wildman–Crippen MR) is 67.3 cm³/mol. The molecule has 0 aliphatic rings. The van der Waals surface area contributed by atoms with Crippen LogP contribution in [0.4, 0.5) is 4.79 Å². The highest BCUT2D eigenvalue weighted by Gasteiger charge is 2.16. The number of hydrogen-bond acceptors (Lipinski definition) is 4. The number of carbonyl (C=O) groups excluding carboxylic acids is 2. The number of nitrogens with one attached hydrogen (secondary N) is 1. The molecule has 4 nitrogen and oxygen atoms in total. The lowest BCUT2D eigenvalue weighted by Gasteiger charge is -2.16. The second-order valence-electron chi connectivity index (χ2n) is 3.71. The van der Waals surface area contributed by atoms with E-state index in [0.717, 1.165) is 4.88 Å². The second kappa shape index (κ2) is 7.06. The van der Waals surface area contributed by atoms with Crippen molar-refractivity contribution in [2.24, 2.45) is 0 Å². The van der Waals surface area contributed by atoms with Gasteiger partial charge in [-0.2, -0.15) is 0 Å². The van der Waals surface area contributed by atoms with Crippen LogP contribution in [0.5, 0.6) is 0 Å². The predicted octanol–water partition coefficient (Wildman–Crippen LogP) is 2.38. The van der Waals surface area contributed by atoms with E-state index >= 15 is 0 Å². The largest absolute Gasteiger partial charge is 0.453 e. The van der Waals surface area contributed by atoms with Crippen molar-refractivity contribution in [3.8, 4) is 0 Å².